The van der Waals surface area contributed by atoms with E-state index >= 15 is 0 Å². The van der Waals surface area contributed by atoms with E-state index in [1.54, 1.807) is 12.3 Å². The maximum atomic E-state index is 12.6. The molecule has 0 aliphatic rings. The van der Waals surface area contributed by atoms with E-state index in [9.17, 15) is 18.0 Å². The third-order valence-electron chi connectivity index (χ3n) is 3.48. The second kappa shape index (κ2) is 6.45. The van der Waals surface area contributed by atoms with Crippen molar-refractivity contribution in [3.63, 3.8) is 0 Å². The SMILES string of the molecule is CN(C)CCn1cc(C(N)=O)cc1-c1ccc(C(F)(F)F)cc1. The highest BCUT2D eigenvalue weighted by Gasteiger charge is 2.30. The number of benzene rings is 1. The largest absolute Gasteiger partial charge is 0.416 e. The lowest BCUT2D eigenvalue weighted by Gasteiger charge is -2.14. The second-order valence-electron chi connectivity index (χ2n) is 5.55. The molecule has 7 heteroatoms. The molecule has 0 spiro atoms. The lowest BCUT2D eigenvalue weighted by atomic mass is 10.1. The van der Waals surface area contributed by atoms with Gasteiger partial charge in [0.1, 0.15) is 0 Å². The number of primary amides is 1. The van der Waals surface area contributed by atoms with Crippen LogP contribution < -0.4 is 5.73 Å². The standard InChI is InChI=1S/C16H18F3N3O/c1-21(2)7-8-22-10-12(15(20)23)9-14(22)11-3-5-13(6-4-11)16(17,18)19/h3-6,9-10H,7-8H2,1-2H3,(H2,20,23). The minimum atomic E-state index is -4.37. The summed E-state index contributed by atoms with van der Waals surface area (Å²) in [5, 5.41) is 0. The number of alkyl halides is 3. The monoisotopic (exact) mass is 325 g/mol. The number of nitrogens with two attached hydrogens (primary N) is 1. The second-order valence-corrected chi connectivity index (χ2v) is 5.55. The summed E-state index contributed by atoms with van der Waals surface area (Å²) in [6.45, 7) is 1.32. The molecule has 0 aliphatic carbocycles. The van der Waals surface area contributed by atoms with Crippen molar-refractivity contribution in [2.45, 2.75) is 12.7 Å². The van der Waals surface area contributed by atoms with Crippen molar-refractivity contribution in [1.82, 2.24) is 9.47 Å². The van der Waals surface area contributed by atoms with E-state index in [-0.39, 0.29) is 0 Å². The molecule has 23 heavy (non-hydrogen) atoms. The van der Waals surface area contributed by atoms with Crippen LogP contribution in [0.4, 0.5) is 13.2 Å². The predicted octanol–water partition coefficient (Wildman–Crippen LogP) is 2.83. The summed E-state index contributed by atoms with van der Waals surface area (Å²) in [4.78, 5) is 13.3. The third kappa shape index (κ3) is 4.13. The van der Waals surface area contributed by atoms with Crippen LogP contribution in [0.25, 0.3) is 11.3 Å². The van der Waals surface area contributed by atoms with Gasteiger partial charge in [0.25, 0.3) is 0 Å². The maximum Gasteiger partial charge on any atom is 0.416 e. The van der Waals surface area contributed by atoms with Crippen LogP contribution in [0, 0.1) is 0 Å². The van der Waals surface area contributed by atoms with Gasteiger partial charge < -0.3 is 15.2 Å². The van der Waals surface area contributed by atoms with Crippen LogP contribution in [-0.4, -0.2) is 36.0 Å². The molecule has 2 N–H and O–H groups in total. The van der Waals surface area contributed by atoms with Crippen molar-refractivity contribution in [1.29, 1.82) is 0 Å². The van der Waals surface area contributed by atoms with E-state index in [0.29, 0.717) is 23.4 Å². The van der Waals surface area contributed by atoms with Crippen LogP contribution in [0.3, 0.4) is 0 Å². The molecule has 2 aromatic rings. The number of hydrogen-bond donors (Lipinski definition) is 1. The van der Waals surface area contributed by atoms with Crippen molar-refractivity contribution in [2.75, 3.05) is 20.6 Å². The molecule has 124 valence electrons. The number of amides is 1. The number of rotatable bonds is 5. The van der Waals surface area contributed by atoms with E-state index < -0.39 is 17.6 Å². The van der Waals surface area contributed by atoms with Gasteiger partial charge in [-0.2, -0.15) is 13.2 Å². The fourth-order valence-electron chi connectivity index (χ4n) is 2.21. The van der Waals surface area contributed by atoms with E-state index in [0.717, 1.165) is 18.7 Å². The Bertz CT molecular complexity index is 688. The molecule has 0 bridgehead atoms. The van der Waals surface area contributed by atoms with Crippen molar-refractivity contribution in [2.24, 2.45) is 5.73 Å². The zero-order valence-corrected chi connectivity index (χ0v) is 12.9. The number of carbonyl (C=O) groups excluding carboxylic acids is 1. The first kappa shape index (κ1) is 17.1. The molecular weight excluding hydrogens is 307 g/mol. The highest BCUT2D eigenvalue weighted by atomic mass is 19.4. The number of hydrogen-bond acceptors (Lipinski definition) is 2. The molecule has 2 rings (SSSR count). The first-order valence-corrected chi connectivity index (χ1v) is 7.01. The summed E-state index contributed by atoms with van der Waals surface area (Å²) in [6, 6.07) is 6.45. The predicted molar refractivity (Wildman–Crippen MR) is 81.9 cm³/mol. The molecular formula is C16H18F3N3O. The normalized spacial score (nSPS) is 11.9. The van der Waals surface area contributed by atoms with Gasteiger partial charge in [-0.05, 0) is 37.9 Å². The summed E-state index contributed by atoms with van der Waals surface area (Å²) in [5.41, 5.74) is 6.19. The van der Waals surface area contributed by atoms with E-state index in [4.69, 9.17) is 5.73 Å². The van der Waals surface area contributed by atoms with Crippen LogP contribution in [0.15, 0.2) is 36.5 Å². The van der Waals surface area contributed by atoms with Gasteiger partial charge in [0.2, 0.25) is 5.91 Å². The molecule has 0 saturated heterocycles. The number of carbonyl (C=O) groups is 1. The van der Waals surface area contributed by atoms with Gasteiger partial charge in [-0.1, -0.05) is 12.1 Å². The molecule has 0 unspecified atom stereocenters. The van der Waals surface area contributed by atoms with E-state index in [2.05, 4.69) is 0 Å². The van der Waals surface area contributed by atoms with Crippen molar-refractivity contribution < 1.29 is 18.0 Å². The van der Waals surface area contributed by atoms with Crippen LogP contribution in [0.2, 0.25) is 0 Å². The average molecular weight is 325 g/mol. The Hall–Kier alpha value is -2.28. The minimum Gasteiger partial charge on any atom is -0.366 e. The van der Waals surface area contributed by atoms with E-state index in [1.807, 2.05) is 23.6 Å². The van der Waals surface area contributed by atoms with Gasteiger partial charge in [0.15, 0.2) is 0 Å². The number of likely N-dealkylation sites (N-methyl/N-ethyl adjacent to an activating group) is 1. The molecule has 4 nitrogen and oxygen atoms in total. The van der Waals surface area contributed by atoms with Crippen LogP contribution in [0.1, 0.15) is 15.9 Å². The van der Waals surface area contributed by atoms with Crippen molar-refractivity contribution in [3.8, 4) is 11.3 Å². The molecule has 1 aromatic heterocycles. The molecule has 1 amide bonds. The lowest BCUT2D eigenvalue weighted by molar-refractivity contribution is -0.137. The van der Waals surface area contributed by atoms with Gasteiger partial charge in [0, 0.05) is 25.0 Å². The lowest BCUT2D eigenvalue weighted by Crippen LogP contribution is -2.18. The third-order valence-corrected chi connectivity index (χ3v) is 3.48. The number of aromatic nitrogens is 1. The Morgan fingerprint density at radius 2 is 1.83 bits per heavy atom. The van der Waals surface area contributed by atoms with E-state index in [1.165, 1.54) is 12.1 Å². The van der Waals surface area contributed by atoms with Crippen LogP contribution in [0.5, 0.6) is 0 Å². The smallest absolute Gasteiger partial charge is 0.366 e. The van der Waals surface area contributed by atoms with Gasteiger partial charge in [-0.15, -0.1) is 0 Å². The first-order valence-electron chi connectivity index (χ1n) is 7.01. The molecule has 1 aromatic carbocycles. The van der Waals surface area contributed by atoms with Gasteiger partial charge >= 0.3 is 6.18 Å². The quantitative estimate of drug-likeness (QED) is 0.919. The summed E-state index contributed by atoms with van der Waals surface area (Å²) in [6.07, 6.45) is -2.75. The van der Waals surface area contributed by atoms with Crippen molar-refractivity contribution in [3.05, 3.63) is 47.7 Å². The summed E-state index contributed by atoms with van der Waals surface area (Å²) >= 11 is 0. The Kier molecular flexibility index (Phi) is 4.79. The Balaban J connectivity index is 2.38. The Morgan fingerprint density at radius 3 is 2.30 bits per heavy atom. The first-order chi connectivity index (χ1) is 10.7. The fourth-order valence-corrected chi connectivity index (χ4v) is 2.21. The van der Waals surface area contributed by atoms with Gasteiger partial charge in [-0.3, -0.25) is 4.79 Å². The zero-order chi connectivity index (χ0) is 17.2. The molecule has 1 heterocycles. The number of halogens is 3. The molecule has 0 saturated carbocycles. The summed E-state index contributed by atoms with van der Waals surface area (Å²) in [5.74, 6) is -0.568. The molecule has 0 atom stereocenters. The highest BCUT2D eigenvalue weighted by molar-refractivity contribution is 5.94. The van der Waals surface area contributed by atoms with Crippen molar-refractivity contribution >= 4 is 5.91 Å². The average Bonchev–Trinajstić information content (AvgIpc) is 2.88. The minimum absolute atomic E-state index is 0.332. The molecule has 0 radical (unpaired) electrons. The Labute approximate surface area is 132 Å². The fraction of sp³-hybridized carbons (Fsp3) is 0.312. The van der Waals surface area contributed by atoms with Crippen LogP contribution in [-0.2, 0) is 12.7 Å². The number of nitrogens with zero attached hydrogens (tertiary/aromatic N) is 2. The highest BCUT2D eigenvalue weighted by Crippen LogP contribution is 2.31. The molecule has 0 fully saturated rings. The summed E-state index contributed by atoms with van der Waals surface area (Å²) < 4.78 is 39.8. The summed E-state index contributed by atoms with van der Waals surface area (Å²) in [7, 11) is 3.83. The van der Waals surface area contributed by atoms with Crippen LogP contribution >= 0.6 is 0 Å². The topological polar surface area (TPSA) is 51.3 Å². The van der Waals surface area contributed by atoms with Gasteiger partial charge in [0.05, 0.1) is 11.1 Å². The Morgan fingerprint density at radius 1 is 1.22 bits per heavy atom. The maximum absolute atomic E-state index is 12.6. The zero-order valence-electron chi connectivity index (χ0n) is 12.9. The molecule has 0 aliphatic heterocycles. The van der Waals surface area contributed by atoms with Gasteiger partial charge in [-0.25, -0.2) is 0 Å².